The predicted molar refractivity (Wildman–Crippen MR) is 102 cm³/mol. The van der Waals surface area contributed by atoms with Crippen molar-refractivity contribution in [3.63, 3.8) is 0 Å². The summed E-state index contributed by atoms with van der Waals surface area (Å²) < 4.78 is 0. The van der Waals surface area contributed by atoms with E-state index < -0.39 is 0 Å². The minimum Gasteiger partial charge on any atom is -0.370 e. The van der Waals surface area contributed by atoms with Gasteiger partial charge in [-0.05, 0) is 49.8 Å². The first-order chi connectivity index (χ1) is 10.2. The third-order valence-corrected chi connectivity index (χ3v) is 4.37. The molecule has 0 atom stereocenters. The molecule has 2 N–H and O–H groups in total. The fraction of sp³-hybridized carbons (Fsp3) is 0.625. The van der Waals surface area contributed by atoms with E-state index in [0.717, 1.165) is 18.9 Å². The average Bonchev–Trinajstić information content (AvgIpc) is 3.38. The SMILES string of the molecule is CN(C(N)=NCc1ccnc(N2CCCCC2)c1)C1CC1.I. The highest BCUT2D eigenvalue weighted by molar-refractivity contribution is 14.0. The van der Waals surface area contributed by atoms with Gasteiger partial charge >= 0.3 is 0 Å². The lowest BCUT2D eigenvalue weighted by atomic mass is 10.1. The molecule has 2 aliphatic rings. The fourth-order valence-electron chi connectivity index (χ4n) is 2.79. The monoisotopic (exact) mass is 415 g/mol. The van der Waals surface area contributed by atoms with Crippen LogP contribution in [0.1, 0.15) is 37.7 Å². The lowest BCUT2D eigenvalue weighted by molar-refractivity contribution is 0.487. The maximum atomic E-state index is 6.04. The molecule has 5 nitrogen and oxygen atoms in total. The van der Waals surface area contributed by atoms with Gasteiger partial charge in [-0.15, -0.1) is 24.0 Å². The predicted octanol–water partition coefficient (Wildman–Crippen LogP) is 2.60. The Kier molecular flexibility index (Phi) is 6.28. The molecule has 1 aromatic heterocycles. The quantitative estimate of drug-likeness (QED) is 0.467. The largest absolute Gasteiger partial charge is 0.370 e. The molecule has 6 heteroatoms. The Balaban J connectivity index is 0.00000176. The number of rotatable bonds is 4. The van der Waals surface area contributed by atoms with Crippen LogP contribution in [0.5, 0.6) is 0 Å². The van der Waals surface area contributed by atoms with Gasteiger partial charge in [-0.1, -0.05) is 0 Å². The zero-order chi connectivity index (χ0) is 14.7. The van der Waals surface area contributed by atoms with Crippen LogP contribution in [-0.4, -0.2) is 42.0 Å². The van der Waals surface area contributed by atoms with Crippen LogP contribution in [0.4, 0.5) is 5.82 Å². The van der Waals surface area contributed by atoms with Gasteiger partial charge in [0.1, 0.15) is 5.82 Å². The Morgan fingerprint density at radius 3 is 2.77 bits per heavy atom. The van der Waals surface area contributed by atoms with Crippen LogP contribution in [0.15, 0.2) is 23.3 Å². The van der Waals surface area contributed by atoms with Gasteiger partial charge in [0, 0.05) is 32.4 Å². The van der Waals surface area contributed by atoms with Crippen molar-refractivity contribution in [3.8, 4) is 0 Å². The molecule has 0 aromatic carbocycles. The second-order valence-corrected chi connectivity index (χ2v) is 6.09. The van der Waals surface area contributed by atoms with E-state index in [9.17, 15) is 0 Å². The summed E-state index contributed by atoms with van der Waals surface area (Å²) in [5, 5.41) is 0. The summed E-state index contributed by atoms with van der Waals surface area (Å²) in [4.78, 5) is 13.5. The Bertz CT molecular complexity index is 509. The van der Waals surface area contributed by atoms with Crippen molar-refractivity contribution in [2.75, 3.05) is 25.0 Å². The summed E-state index contributed by atoms with van der Waals surface area (Å²) in [5.74, 6) is 1.73. The molecule has 2 fully saturated rings. The molecule has 0 radical (unpaired) electrons. The Morgan fingerprint density at radius 2 is 2.09 bits per heavy atom. The summed E-state index contributed by atoms with van der Waals surface area (Å²) in [7, 11) is 2.03. The molecule has 1 saturated carbocycles. The number of aliphatic imine (C=N–C) groups is 1. The number of piperidine rings is 1. The van der Waals surface area contributed by atoms with E-state index in [1.54, 1.807) is 0 Å². The Labute approximate surface area is 150 Å². The highest BCUT2D eigenvalue weighted by atomic mass is 127. The number of aromatic nitrogens is 1. The van der Waals surface area contributed by atoms with Crippen molar-refractivity contribution in [2.24, 2.45) is 10.7 Å². The van der Waals surface area contributed by atoms with Crippen LogP contribution in [0.3, 0.4) is 0 Å². The third-order valence-electron chi connectivity index (χ3n) is 4.37. The number of nitrogens with two attached hydrogens (primary N) is 1. The summed E-state index contributed by atoms with van der Waals surface area (Å²) in [5.41, 5.74) is 7.22. The van der Waals surface area contributed by atoms with Gasteiger partial charge < -0.3 is 15.5 Å². The van der Waals surface area contributed by atoms with Gasteiger partial charge in [0.15, 0.2) is 5.96 Å². The molecule has 0 bridgehead atoms. The topological polar surface area (TPSA) is 57.8 Å². The Morgan fingerprint density at radius 1 is 1.36 bits per heavy atom. The number of hydrogen-bond donors (Lipinski definition) is 1. The molecular formula is C16H26IN5. The molecular weight excluding hydrogens is 389 g/mol. The Hall–Kier alpha value is -1.05. The van der Waals surface area contributed by atoms with E-state index in [2.05, 4.69) is 25.8 Å². The number of nitrogens with zero attached hydrogens (tertiary/aromatic N) is 4. The molecule has 0 unspecified atom stereocenters. The second-order valence-electron chi connectivity index (χ2n) is 6.09. The fourth-order valence-corrected chi connectivity index (χ4v) is 2.79. The molecule has 1 aliphatic heterocycles. The van der Waals surface area contributed by atoms with Crippen molar-refractivity contribution in [3.05, 3.63) is 23.9 Å². The lowest BCUT2D eigenvalue weighted by Crippen LogP contribution is -2.35. The second kappa shape index (κ2) is 7.99. The molecule has 22 heavy (non-hydrogen) atoms. The highest BCUT2D eigenvalue weighted by Crippen LogP contribution is 2.25. The molecule has 1 aromatic rings. The molecule has 2 heterocycles. The summed E-state index contributed by atoms with van der Waals surface area (Å²) in [6.45, 7) is 2.87. The van der Waals surface area contributed by atoms with Crippen LogP contribution in [0, 0.1) is 0 Å². The molecule has 1 aliphatic carbocycles. The smallest absolute Gasteiger partial charge is 0.191 e. The van der Waals surface area contributed by atoms with Crippen LogP contribution in [0.2, 0.25) is 0 Å². The maximum absolute atomic E-state index is 6.04. The number of pyridine rings is 1. The van der Waals surface area contributed by atoms with Crippen LogP contribution >= 0.6 is 24.0 Å². The number of guanidine groups is 1. The van der Waals surface area contributed by atoms with Crippen molar-refractivity contribution in [1.82, 2.24) is 9.88 Å². The number of hydrogen-bond acceptors (Lipinski definition) is 3. The first-order valence-electron chi connectivity index (χ1n) is 7.96. The number of anilines is 1. The molecule has 1 saturated heterocycles. The summed E-state index contributed by atoms with van der Waals surface area (Å²) >= 11 is 0. The molecule has 122 valence electrons. The van der Waals surface area contributed by atoms with E-state index in [0.29, 0.717) is 18.5 Å². The van der Waals surface area contributed by atoms with E-state index in [4.69, 9.17) is 5.73 Å². The van der Waals surface area contributed by atoms with Gasteiger partial charge in [-0.3, -0.25) is 0 Å². The molecule has 3 rings (SSSR count). The molecule has 0 amide bonds. The summed E-state index contributed by atoms with van der Waals surface area (Å²) in [6.07, 6.45) is 8.23. The maximum Gasteiger partial charge on any atom is 0.191 e. The van der Waals surface area contributed by atoms with Crippen LogP contribution in [-0.2, 0) is 6.54 Å². The average molecular weight is 415 g/mol. The van der Waals surface area contributed by atoms with Gasteiger partial charge in [0.2, 0.25) is 0 Å². The van der Waals surface area contributed by atoms with Crippen molar-refractivity contribution in [2.45, 2.75) is 44.7 Å². The normalized spacial score (nSPS) is 18.8. The van der Waals surface area contributed by atoms with E-state index in [1.165, 1.54) is 37.7 Å². The highest BCUT2D eigenvalue weighted by Gasteiger charge is 2.27. The first-order valence-corrected chi connectivity index (χ1v) is 7.96. The number of halogens is 1. The zero-order valence-corrected chi connectivity index (χ0v) is 15.6. The van der Waals surface area contributed by atoms with E-state index >= 15 is 0 Å². The van der Waals surface area contributed by atoms with Crippen LogP contribution in [0.25, 0.3) is 0 Å². The van der Waals surface area contributed by atoms with Gasteiger partial charge in [-0.2, -0.15) is 0 Å². The van der Waals surface area contributed by atoms with Crippen molar-refractivity contribution < 1.29 is 0 Å². The summed E-state index contributed by atoms with van der Waals surface area (Å²) in [6, 6.07) is 4.79. The zero-order valence-electron chi connectivity index (χ0n) is 13.2. The van der Waals surface area contributed by atoms with Gasteiger partial charge in [-0.25, -0.2) is 9.98 Å². The minimum absolute atomic E-state index is 0. The molecule has 0 spiro atoms. The van der Waals surface area contributed by atoms with E-state index in [-0.39, 0.29) is 24.0 Å². The first kappa shape index (κ1) is 17.3. The minimum atomic E-state index is 0. The van der Waals surface area contributed by atoms with Crippen LogP contribution < -0.4 is 10.6 Å². The van der Waals surface area contributed by atoms with Crippen molar-refractivity contribution in [1.29, 1.82) is 0 Å². The third kappa shape index (κ3) is 4.47. The van der Waals surface area contributed by atoms with Gasteiger partial charge in [0.05, 0.1) is 6.54 Å². The van der Waals surface area contributed by atoms with Gasteiger partial charge in [0.25, 0.3) is 0 Å². The van der Waals surface area contributed by atoms with E-state index in [1.807, 2.05) is 19.3 Å². The standard InChI is InChI=1S/C16H25N5.HI/c1-20(14-5-6-14)16(17)19-12-13-7-8-18-15(11-13)21-9-3-2-4-10-21;/h7-8,11,14H,2-6,9-10,12H2,1H3,(H2,17,19);1H. The van der Waals surface area contributed by atoms with Crippen molar-refractivity contribution >= 4 is 35.8 Å². The lowest BCUT2D eigenvalue weighted by Gasteiger charge is -2.27.